The summed E-state index contributed by atoms with van der Waals surface area (Å²) < 4.78 is 0. The third-order valence-corrected chi connectivity index (χ3v) is 2.50. The molecule has 104 valence electrons. The van der Waals surface area contributed by atoms with E-state index < -0.39 is 0 Å². The van der Waals surface area contributed by atoms with Crippen LogP contribution in [0.15, 0.2) is 61.3 Å². The molecule has 1 heteroatoms. The Morgan fingerprint density at radius 3 is 1.79 bits per heavy atom. The SMILES string of the molecule is C=CC(=O)CC/C=C\C/C=C\C/C=C\C/C=C\CC. The molecule has 0 radical (unpaired) electrons. The van der Waals surface area contributed by atoms with Crippen LogP contribution < -0.4 is 0 Å². The van der Waals surface area contributed by atoms with Crippen LogP contribution in [-0.4, -0.2) is 5.78 Å². The number of ketones is 1. The van der Waals surface area contributed by atoms with Crippen molar-refractivity contribution < 1.29 is 4.79 Å². The minimum absolute atomic E-state index is 0.113. The lowest BCUT2D eigenvalue weighted by Crippen LogP contribution is -1.88. The van der Waals surface area contributed by atoms with Crippen LogP contribution in [0.1, 0.15) is 45.4 Å². The predicted octanol–water partition coefficient (Wildman–Crippen LogP) is 5.33. The van der Waals surface area contributed by atoms with Gasteiger partial charge in [0.15, 0.2) is 5.78 Å². The molecule has 0 aromatic carbocycles. The Bertz CT molecular complexity index is 343. The number of allylic oxidation sites excluding steroid dienone is 9. The van der Waals surface area contributed by atoms with Crippen molar-refractivity contribution in [3.63, 3.8) is 0 Å². The molecule has 1 nitrogen and oxygen atoms in total. The number of rotatable bonds is 11. The highest BCUT2D eigenvalue weighted by Crippen LogP contribution is 1.97. The Labute approximate surface area is 118 Å². The molecule has 0 rings (SSSR count). The molecule has 0 bridgehead atoms. The van der Waals surface area contributed by atoms with Gasteiger partial charge in [-0.3, -0.25) is 4.79 Å². The second-order valence-corrected chi connectivity index (χ2v) is 4.21. The van der Waals surface area contributed by atoms with Gasteiger partial charge < -0.3 is 0 Å². The number of carbonyl (C=O) groups is 1. The molecular weight excluding hydrogens is 232 g/mol. The van der Waals surface area contributed by atoms with Crippen LogP contribution in [0.5, 0.6) is 0 Å². The first-order valence-corrected chi connectivity index (χ1v) is 7.06. The fraction of sp³-hybridized carbons (Fsp3) is 0.389. The predicted molar refractivity (Wildman–Crippen MR) is 85.1 cm³/mol. The summed E-state index contributed by atoms with van der Waals surface area (Å²) >= 11 is 0. The Hall–Kier alpha value is -1.63. The highest BCUT2D eigenvalue weighted by molar-refractivity contribution is 5.89. The first-order chi connectivity index (χ1) is 9.31. The van der Waals surface area contributed by atoms with E-state index in [2.05, 4.69) is 62.1 Å². The summed E-state index contributed by atoms with van der Waals surface area (Å²) in [5.41, 5.74) is 0. The fourth-order valence-corrected chi connectivity index (χ4v) is 1.43. The van der Waals surface area contributed by atoms with Gasteiger partial charge in [-0.25, -0.2) is 0 Å². The lowest BCUT2D eigenvalue weighted by molar-refractivity contribution is -0.114. The Morgan fingerprint density at radius 2 is 1.32 bits per heavy atom. The van der Waals surface area contributed by atoms with Gasteiger partial charge in [0.2, 0.25) is 0 Å². The standard InChI is InChI=1S/C18H26O/c1-3-5-6-7-8-9-10-11-12-13-14-15-16-17-18(19)4-2/h4-6,8-9,11-12,14-15H,2-3,7,10,13,16-17H2,1H3/b6-5-,9-8-,12-11-,15-14-. The van der Waals surface area contributed by atoms with Crippen molar-refractivity contribution >= 4 is 5.78 Å². The van der Waals surface area contributed by atoms with Crippen molar-refractivity contribution in [1.29, 1.82) is 0 Å². The van der Waals surface area contributed by atoms with E-state index in [1.807, 2.05) is 0 Å². The number of hydrogen-bond acceptors (Lipinski definition) is 1. The van der Waals surface area contributed by atoms with E-state index in [9.17, 15) is 4.79 Å². The van der Waals surface area contributed by atoms with E-state index in [0.29, 0.717) is 6.42 Å². The van der Waals surface area contributed by atoms with E-state index >= 15 is 0 Å². The highest BCUT2D eigenvalue weighted by atomic mass is 16.1. The average molecular weight is 258 g/mol. The zero-order valence-electron chi connectivity index (χ0n) is 12.1. The van der Waals surface area contributed by atoms with E-state index in [-0.39, 0.29) is 5.78 Å². The molecule has 0 aromatic rings. The lowest BCUT2D eigenvalue weighted by atomic mass is 10.2. The zero-order chi connectivity index (χ0) is 14.2. The molecule has 0 atom stereocenters. The van der Waals surface area contributed by atoms with Crippen LogP contribution in [0.4, 0.5) is 0 Å². The summed E-state index contributed by atoms with van der Waals surface area (Å²) in [5.74, 6) is 0.113. The van der Waals surface area contributed by atoms with Crippen molar-refractivity contribution in [2.45, 2.75) is 45.4 Å². The third-order valence-electron chi connectivity index (χ3n) is 2.50. The fourth-order valence-electron chi connectivity index (χ4n) is 1.43. The van der Waals surface area contributed by atoms with Gasteiger partial charge in [-0.2, -0.15) is 0 Å². The summed E-state index contributed by atoms with van der Waals surface area (Å²) in [6.07, 6.45) is 24.0. The monoisotopic (exact) mass is 258 g/mol. The van der Waals surface area contributed by atoms with Crippen molar-refractivity contribution in [2.24, 2.45) is 0 Å². The average Bonchev–Trinajstić information content (AvgIpc) is 2.43. The first kappa shape index (κ1) is 17.4. The maximum Gasteiger partial charge on any atom is 0.155 e. The molecule has 0 aliphatic rings. The largest absolute Gasteiger partial charge is 0.295 e. The Kier molecular flexibility index (Phi) is 13.2. The molecule has 19 heavy (non-hydrogen) atoms. The van der Waals surface area contributed by atoms with Crippen LogP contribution >= 0.6 is 0 Å². The molecular formula is C18H26O. The quantitative estimate of drug-likeness (QED) is 0.362. The summed E-state index contributed by atoms with van der Waals surface area (Å²) in [7, 11) is 0. The maximum atomic E-state index is 10.9. The van der Waals surface area contributed by atoms with Gasteiger partial charge in [-0.05, 0) is 38.2 Å². The first-order valence-electron chi connectivity index (χ1n) is 7.06. The van der Waals surface area contributed by atoms with E-state index in [1.165, 1.54) is 6.08 Å². The van der Waals surface area contributed by atoms with Gasteiger partial charge in [0, 0.05) is 6.42 Å². The molecule has 0 saturated carbocycles. The second kappa shape index (κ2) is 14.4. The molecule has 0 saturated heterocycles. The minimum atomic E-state index is 0.113. The molecule has 0 aliphatic heterocycles. The number of carbonyl (C=O) groups excluding carboxylic acids is 1. The summed E-state index contributed by atoms with van der Waals surface area (Å²) in [6, 6.07) is 0. The van der Waals surface area contributed by atoms with Crippen molar-refractivity contribution in [3.05, 3.63) is 61.3 Å². The topological polar surface area (TPSA) is 17.1 Å². The van der Waals surface area contributed by atoms with E-state index in [1.54, 1.807) is 0 Å². The molecule has 0 aromatic heterocycles. The molecule has 0 fully saturated rings. The minimum Gasteiger partial charge on any atom is -0.295 e. The summed E-state index contributed by atoms with van der Waals surface area (Å²) in [4.78, 5) is 10.9. The molecule has 0 spiro atoms. The summed E-state index contributed by atoms with van der Waals surface area (Å²) in [6.45, 7) is 5.59. The Morgan fingerprint density at radius 1 is 0.842 bits per heavy atom. The molecule has 0 aliphatic carbocycles. The van der Waals surface area contributed by atoms with E-state index in [0.717, 1.165) is 32.1 Å². The van der Waals surface area contributed by atoms with E-state index in [4.69, 9.17) is 0 Å². The van der Waals surface area contributed by atoms with Crippen LogP contribution in [0.3, 0.4) is 0 Å². The summed E-state index contributed by atoms with van der Waals surface area (Å²) in [5, 5.41) is 0. The third kappa shape index (κ3) is 14.3. The zero-order valence-corrected chi connectivity index (χ0v) is 12.1. The Balaban J connectivity index is 3.48. The van der Waals surface area contributed by atoms with Gasteiger partial charge >= 0.3 is 0 Å². The van der Waals surface area contributed by atoms with Gasteiger partial charge in [-0.15, -0.1) is 0 Å². The van der Waals surface area contributed by atoms with Crippen LogP contribution in [0.25, 0.3) is 0 Å². The van der Waals surface area contributed by atoms with Crippen molar-refractivity contribution in [1.82, 2.24) is 0 Å². The van der Waals surface area contributed by atoms with Gasteiger partial charge in [0.05, 0.1) is 0 Å². The second-order valence-electron chi connectivity index (χ2n) is 4.21. The molecule has 0 amide bonds. The van der Waals surface area contributed by atoms with Crippen molar-refractivity contribution in [2.75, 3.05) is 0 Å². The van der Waals surface area contributed by atoms with Gasteiger partial charge in [0.1, 0.15) is 0 Å². The lowest BCUT2D eigenvalue weighted by Gasteiger charge is -1.88. The van der Waals surface area contributed by atoms with Gasteiger partial charge in [-0.1, -0.05) is 62.1 Å². The number of hydrogen-bond donors (Lipinski definition) is 0. The highest BCUT2D eigenvalue weighted by Gasteiger charge is 1.90. The van der Waals surface area contributed by atoms with Gasteiger partial charge in [0.25, 0.3) is 0 Å². The van der Waals surface area contributed by atoms with Crippen LogP contribution in [0, 0.1) is 0 Å². The molecule has 0 unspecified atom stereocenters. The maximum absolute atomic E-state index is 10.9. The smallest absolute Gasteiger partial charge is 0.155 e. The molecule has 0 heterocycles. The molecule has 0 N–H and O–H groups in total. The van der Waals surface area contributed by atoms with Crippen LogP contribution in [0.2, 0.25) is 0 Å². The normalized spacial score (nSPS) is 12.3. The van der Waals surface area contributed by atoms with Crippen LogP contribution in [-0.2, 0) is 4.79 Å². The van der Waals surface area contributed by atoms with Crippen molar-refractivity contribution in [3.8, 4) is 0 Å².